The number of para-hydroxylation sites is 1. The molecule has 100 valence electrons. The summed E-state index contributed by atoms with van der Waals surface area (Å²) in [5.74, 6) is 0.770. The second kappa shape index (κ2) is 6.24. The SMILES string of the molecule is CNCCCC(C)N1CC(C)Cc2ccccc21. The summed E-state index contributed by atoms with van der Waals surface area (Å²) in [6.07, 6.45) is 3.75. The molecule has 1 heterocycles. The van der Waals surface area contributed by atoms with Gasteiger partial charge < -0.3 is 10.2 Å². The van der Waals surface area contributed by atoms with Crippen LogP contribution in [0.15, 0.2) is 24.3 Å². The molecule has 0 radical (unpaired) electrons. The molecule has 18 heavy (non-hydrogen) atoms. The maximum Gasteiger partial charge on any atom is 0.0401 e. The lowest BCUT2D eigenvalue weighted by Crippen LogP contribution is -2.40. The van der Waals surface area contributed by atoms with E-state index in [1.165, 1.54) is 37.1 Å². The number of hydrogen-bond donors (Lipinski definition) is 1. The predicted molar refractivity (Wildman–Crippen MR) is 79.3 cm³/mol. The van der Waals surface area contributed by atoms with Gasteiger partial charge in [-0.2, -0.15) is 0 Å². The van der Waals surface area contributed by atoms with E-state index in [0.29, 0.717) is 6.04 Å². The minimum Gasteiger partial charge on any atom is -0.368 e. The highest BCUT2D eigenvalue weighted by Crippen LogP contribution is 2.31. The normalized spacial score (nSPS) is 20.6. The average molecular weight is 246 g/mol. The zero-order valence-corrected chi connectivity index (χ0v) is 11.9. The molecule has 1 N–H and O–H groups in total. The molecule has 1 aliphatic rings. The highest BCUT2D eigenvalue weighted by Gasteiger charge is 2.24. The van der Waals surface area contributed by atoms with Crippen LogP contribution in [0.2, 0.25) is 0 Å². The lowest BCUT2D eigenvalue weighted by atomic mass is 9.92. The number of nitrogens with zero attached hydrogens (tertiary/aromatic N) is 1. The first-order valence-corrected chi connectivity index (χ1v) is 7.21. The molecule has 0 bridgehead atoms. The molecule has 0 aliphatic carbocycles. The zero-order chi connectivity index (χ0) is 13.0. The molecule has 0 aromatic heterocycles. The van der Waals surface area contributed by atoms with Gasteiger partial charge in [0.05, 0.1) is 0 Å². The molecule has 2 atom stereocenters. The number of nitrogens with one attached hydrogen (secondary N) is 1. The van der Waals surface area contributed by atoms with Gasteiger partial charge in [0, 0.05) is 18.3 Å². The third-order valence-electron chi connectivity index (χ3n) is 3.96. The van der Waals surface area contributed by atoms with E-state index in [0.717, 1.165) is 12.5 Å². The smallest absolute Gasteiger partial charge is 0.0401 e. The molecule has 2 nitrogen and oxygen atoms in total. The zero-order valence-electron chi connectivity index (χ0n) is 11.9. The van der Waals surface area contributed by atoms with Gasteiger partial charge in [-0.25, -0.2) is 0 Å². The first-order chi connectivity index (χ1) is 8.72. The van der Waals surface area contributed by atoms with Gasteiger partial charge in [0.25, 0.3) is 0 Å². The summed E-state index contributed by atoms with van der Waals surface area (Å²) in [6.45, 7) is 7.06. The standard InChI is InChI=1S/C16H26N2/c1-13-11-15-8-4-5-9-16(15)18(12-13)14(2)7-6-10-17-3/h4-5,8-9,13-14,17H,6-7,10-12H2,1-3H3. The van der Waals surface area contributed by atoms with E-state index in [2.05, 4.69) is 48.3 Å². The third kappa shape index (κ3) is 3.05. The Labute approximate surface area is 111 Å². The molecule has 0 fully saturated rings. The lowest BCUT2D eigenvalue weighted by Gasteiger charge is -2.39. The second-order valence-electron chi connectivity index (χ2n) is 5.69. The quantitative estimate of drug-likeness (QED) is 0.803. The van der Waals surface area contributed by atoms with Gasteiger partial charge in [-0.15, -0.1) is 0 Å². The number of hydrogen-bond acceptors (Lipinski definition) is 2. The molecule has 0 amide bonds. The van der Waals surface area contributed by atoms with Gasteiger partial charge in [0.2, 0.25) is 0 Å². The molecule has 1 aliphatic heterocycles. The monoisotopic (exact) mass is 246 g/mol. The predicted octanol–water partition coefficient (Wildman–Crippen LogP) is 3.07. The van der Waals surface area contributed by atoms with E-state index < -0.39 is 0 Å². The molecule has 0 saturated heterocycles. The van der Waals surface area contributed by atoms with Crippen molar-refractivity contribution in [3.8, 4) is 0 Å². The molecule has 2 unspecified atom stereocenters. The fourth-order valence-corrected chi connectivity index (χ4v) is 2.99. The lowest BCUT2D eigenvalue weighted by molar-refractivity contribution is 0.471. The van der Waals surface area contributed by atoms with E-state index >= 15 is 0 Å². The minimum atomic E-state index is 0.641. The first kappa shape index (κ1) is 13.4. The Balaban J connectivity index is 2.08. The van der Waals surface area contributed by atoms with Gasteiger partial charge in [0.15, 0.2) is 0 Å². The summed E-state index contributed by atoms with van der Waals surface area (Å²) in [5, 5.41) is 3.24. The summed E-state index contributed by atoms with van der Waals surface area (Å²) in [5.41, 5.74) is 2.99. The minimum absolute atomic E-state index is 0.641. The van der Waals surface area contributed by atoms with Crippen molar-refractivity contribution in [2.24, 2.45) is 5.92 Å². The van der Waals surface area contributed by atoms with Crippen molar-refractivity contribution in [1.82, 2.24) is 5.32 Å². The molecule has 2 heteroatoms. The number of fused-ring (bicyclic) bond motifs is 1. The van der Waals surface area contributed by atoms with Crippen molar-refractivity contribution in [3.63, 3.8) is 0 Å². The van der Waals surface area contributed by atoms with E-state index in [9.17, 15) is 0 Å². The Morgan fingerprint density at radius 2 is 2.17 bits per heavy atom. The Hall–Kier alpha value is -1.02. The van der Waals surface area contributed by atoms with Crippen LogP contribution in [0.4, 0.5) is 5.69 Å². The van der Waals surface area contributed by atoms with Crippen LogP contribution in [0, 0.1) is 5.92 Å². The summed E-state index contributed by atoms with van der Waals surface area (Å²) < 4.78 is 0. The largest absolute Gasteiger partial charge is 0.368 e. The van der Waals surface area contributed by atoms with E-state index in [-0.39, 0.29) is 0 Å². The molecule has 1 aromatic rings. The topological polar surface area (TPSA) is 15.3 Å². The van der Waals surface area contributed by atoms with Crippen LogP contribution < -0.4 is 10.2 Å². The van der Waals surface area contributed by atoms with Crippen molar-refractivity contribution in [2.75, 3.05) is 25.0 Å². The Bertz CT molecular complexity index is 375. The molecule has 2 rings (SSSR count). The van der Waals surface area contributed by atoms with Crippen LogP contribution in [0.3, 0.4) is 0 Å². The van der Waals surface area contributed by atoms with Crippen LogP contribution in [0.25, 0.3) is 0 Å². The van der Waals surface area contributed by atoms with Crippen molar-refractivity contribution in [1.29, 1.82) is 0 Å². The van der Waals surface area contributed by atoms with Crippen LogP contribution in [0.5, 0.6) is 0 Å². The summed E-state index contributed by atoms with van der Waals surface area (Å²) in [4.78, 5) is 2.61. The second-order valence-corrected chi connectivity index (χ2v) is 5.69. The van der Waals surface area contributed by atoms with Crippen LogP contribution in [-0.2, 0) is 6.42 Å². The summed E-state index contributed by atoms with van der Waals surface area (Å²) >= 11 is 0. The maximum atomic E-state index is 3.24. The summed E-state index contributed by atoms with van der Waals surface area (Å²) in [7, 11) is 2.03. The van der Waals surface area contributed by atoms with E-state index in [4.69, 9.17) is 0 Å². The summed E-state index contributed by atoms with van der Waals surface area (Å²) in [6, 6.07) is 9.55. The Morgan fingerprint density at radius 3 is 2.94 bits per heavy atom. The van der Waals surface area contributed by atoms with E-state index in [1.54, 1.807) is 0 Å². The number of anilines is 1. The fraction of sp³-hybridized carbons (Fsp3) is 0.625. The Kier molecular flexibility index (Phi) is 4.65. The molecule has 0 saturated carbocycles. The number of benzene rings is 1. The van der Waals surface area contributed by atoms with Crippen LogP contribution in [0.1, 0.15) is 32.3 Å². The first-order valence-electron chi connectivity index (χ1n) is 7.21. The molecule has 1 aromatic carbocycles. The number of rotatable bonds is 5. The van der Waals surface area contributed by atoms with Gasteiger partial charge in [-0.05, 0) is 57.3 Å². The van der Waals surface area contributed by atoms with E-state index in [1.807, 2.05) is 7.05 Å². The average Bonchev–Trinajstić information content (AvgIpc) is 2.38. The van der Waals surface area contributed by atoms with Crippen molar-refractivity contribution < 1.29 is 0 Å². The van der Waals surface area contributed by atoms with Gasteiger partial charge in [-0.3, -0.25) is 0 Å². The van der Waals surface area contributed by atoms with Gasteiger partial charge >= 0.3 is 0 Å². The van der Waals surface area contributed by atoms with Crippen molar-refractivity contribution >= 4 is 5.69 Å². The van der Waals surface area contributed by atoms with Crippen molar-refractivity contribution in [3.05, 3.63) is 29.8 Å². The Morgan fingerprint density at radius 1 is 1.39 bits per heavy atom. The van der Waals surface area contributed by atoms with Gasteiger partial charge in [0.1, 0.15) is 0 Å². The third-order valence-corrected chi connectivity index (χ3v) is 3.96. The van der Waals surface area contributed by atoms with Crippen LogP contribution >= 0.6 is 0 Å². The highest BCUT2D eigenvalue weighted by molar-refractivity contribution is 5.56. The van der Waals surface area contributed by atoms with Gasteiger partial charge in [-0.1, -0.05) is 25.1 Å². The fourth-order valence-electron chi connectivity index (χ4n) is 2.99. The highest BCUT2D eigenvalue weighted by atomic mass is 15.2. The molecular weight excluding hydrogens is 220 g/mol. The maximum absolute atomic E-state index is 3.24. The molecule has 0 spiro atoms. The van der Waals surface area contributed by atoms with Crippen LogP contribution in [-0.4, -0.2) is 26.2 Å². The molecular formula is C16H26N2. The van der Waals surface area contributed by atoms with Crippen molar-refractivity contribution in [2.45, 2.75) is 39.2 Å².